The number of morpholine rings is 1. The van der Waals surface area contributed by atoms with Gasteiger partial charge < -0.3 is 24.0 Å². The Labute approximate surface area is 218 Å². The predicted molar refractivity (Wildman–Crippen MR) is 144 cm³/mol. The maximum atomic E-state index is 13.8. The zero-order valence-corrected chi connectivity index (χ0v) is 21.6. The van der Waals surface area contributed by atoms with E-state index < -0.39 is 0 Å². The SMILES string of the molecule is COc1ccc(C(=O)N(Cc2cc3cc4c(cc3nc2N2CCOCC2)CCC4)C[C@@H]2CCCO2)cc1. The Kier molecular flexibility index (Phi) is 6.98. The molecule has 7 nitrogen and oxygen atoms in total. The number of aryl methyl sites for hydroxylation is 2. The third-order valence-corrected chi connectivity index (χ3v) is 7.83. The minimum Gasteiger partial charge on any atom is -0.497 e. The first-order valence-corrected chi connectivity index (χ1v) is 13.5. The van der Waals surface area contributed by atoms with Crippen molar-refractivity contribution in [3.63, 3.8) is 0 Å². The molecule has 0 N–H and O–H groups in total. The van der Waals surface area contributed by atoms with Crippen molar-refractivity contribution in [1.82, 2.24) is 9.88 Å². The second kappa shape index (κ2) is 10.7. The molecule has 194 valence electrons. The molecule has 1 atom stereocenters. The Balaban J connectivity index is 1.38. The lowest BCUT2D eigenvalue weighted by molar-refractivity contribution is 0.0507. The highest BCUT2D eigenvalue weighted by atomic mass is 16.5. The second-order valence-electron chi connectivity index (χ2n) is 10.3. The van der Waals surface area contributed by atoms with Gasteiger partial charge in [-0.05, 0) is 85.7 Å². The third kappa shape index (κ3) is 5.15. The number of fused-ring (bicyclic) bond motifs is 2. The Morgan fingerprint density at radius 1 is 1.05 bits per heavy atom. The summed E-state index contributed by atoms with van der Waals surface area (Å²) in [4.78, 5) is 23.3. The molecule has 6 rings (SSSR count). The monoisotopic (exact) mass is 501 g/mol. The molecule has 0 unspecified atom stereocenters. The minimum atomic E-state index is 0.000121. The molecule has 0 bridgehead atoms. The van der Waals surface area contributed by atoms with E-state index >= 15 is 0 Å². The van der Waals surface area contributed by atoms with Gasteiger partial charge in [-0.15, -0.1) is 0 Å². The van der Waals surface area contributed by atoms with Gasteiger partial charge >= 0.3 is 0 Å². The largest absolute Gasteiger partial charge is 0.497 e. The summed E-state index contributed by atoms with van der Waals surface area (Å²) in [6.07, 6.45) is 5.55. The van der Waals surface area contributed by atoms with E-state index in [0.29, 0.717) is 31.9 Å². The first-order chi connectivity index (χ1) is 18.2. The van der Waals surface area contributed by atoms with Gasteiger partial charge in [0.15, 0.2) is 0 Å². The average molecular weight is 502 g/mol. The van der Waals surface area contributed by atoms with E-state index in [4.69, 9.17) is 19.2 Å². The number of aromatic nitrogens is 1. The van der Waals surface area contributed by atoms with E-state index in [1.807, 2.05) is 29.2 Å². The van der Waals surface area contributed by atoms with E-state index in [-0.39, 0.29) is 12.0 Å². The van der Waals surface area contributed by atoms with Crippen LogP contribution in [-0.2, 0) is 28.9 Å². The van der Waals surface area contributed by atoms with Crippen LogP contribution in [0.5, 0.6) is 5.75 Å². The summed E-state index contributed by atoms with van der Waals surface area (Å²) in [7, 11) is 1.63. The van der Waals surface area contributed by atoms with Crippen molar-refractivity contribution in [2.24, 2.45) is 0 Å². The average Bonchev–Trinajstić information content (AvgIpc) is 3.63. The molecule has 3 aromatic rings. The molecular formula is C30H35N3O4. The molecule has 2 fully saturated rings. The topological polar surface area (TPSA) is 64.1 Å². The van der Waals surface area contributed by atoms with Gasteiger partial charge in [0.05, 0.1) is 31.9 Å². The van der Waals surface area contributed by atoms with E-state index in [1.54, 1.807) is 7.11 Å². The molecule has 37 heavy (non-hydrogen) atoms. The summed E-state index contributed by atoms with van der Waals surface area (Å²) >= 11 is 0. The molecule has 7 heteroatoms. The van der Waals surface area contributed by atoms with Crippen molar-refractivity contribution in [2.45, 2.75) is 44.8 Å². The van der Waals surface area contributed by atoms with Crippen molar-refractivity contribution < 1.29 is 19.0 Å². The van der Waals surface area contributed by atoms with Gasteiger partial charge in [-0.1, -0.05) is 0 Å². The maximum Gasteiger partial charge on any atom is 0.254 e. The van der Waals surface area contributed by atoms with Crippen molar-refractivity contribution in [1.29, 1.82) is 0 Å². The first-order valence-electron chi connectivity index (χ1n) is 13.5. The summed E-state index contributed by atoms with van der Waals surface area (Å²) in [6, 6.07) is 14.2. The lowest BCUT2D eigenvalue weighted by Crippen LogP contribution is -2.40. The summed E-state index contributed by atoms with van der Waals surface area (Å²) in [5.41, 5.74) is 5.63. The number of anilines is 1. The van der Waals surface area contributed by atoms with Gasteiger partial charge in [0.2, 0.25) is 0 Å². The van der Waals surface area contributed by atoms with Crippen LogP contribution in [-0.4, -0.2) is 68.5 Å². The number of amides is 1. The molecule has 3 heterocycles. The number of hydrogen-bond acceptors (Lipinski definition) is 6. The second-order valence-corrected chi connectivity index (χ2v) is 10.3. The molecule has 1 amide bonds. The summed E-state index contributed by atoms with van der Waals surface area (Å²) in [6.45, 7) is 4.79. The quantitative estimate of drug-likeness (QED) is 0.479. The van der Waals surface area contributed by atoms with Crippen molar-refractivity contribution in [3.05, 3.63) is 64.7 Å². The van der Waals surface area contributed by atoms with Gasteiger partial charge in [-0.3, -0.25) is 4.79 Å². The van der Waals surface area contributed by atoms with Crippen LogP contribution in [0.2, 0.25) is 0 Å². The number of methoxy groups -OCH3 is 1. The number of benzene rings is 2. The number of pyridine rings is 1. The molecule has 0 radical (unpaired) electrons. The number of carbonyl (C=O) groups excluding carboxylic acids is 1. The van der Waals surface area contributed by atoms with Gasteiger partial charge in [-0.25, -0.2) is 4.98 Å². The minimum absolute atomic E-state index is 0.000121. The zero-order chi connectivity index (χ0) is 25.2. The highest BCUT2D eigenvalue weighted by molar-refractivity contribution is 5.94. The first kappa shape index (κ1) is 24.2. The zero-order valence-electron chi connectivity index (χ0n) is 21.6. The van der Waals surface area contributed by atoms with Gasteiger partial charge in [0, 0.05) is 49.3 Å². The molecular weight excluding hydrogens is 466 g/mol. The molecule has 1 aliphatic carbocycles. The number of carbonyl (C=O) groups is 1. The highest BCUT2D eigenvalue weighted by Crippen LogP contribution is 2.32. The number of ether oxygens (including phenoxy) is 3. The molecule has 2 aromatic carbocycles. The molecule has 3 aliphatic rings. The molecule has 1 aromatic heterocycles. The van der Waals surface area contributed by atoms with E-state index in [9.17, 15) is 4.79 Å². The van der Waals surface area contributed by atoms with Crippen LogP contribution >= 0.6 is 0 Å². The van der Waals surface area contributed by atoms with Crippen LogP contribution in [0.15, 0.2) is 42.5 Å². The fraction of sp³-hybridized carbons (Fsp3) is 0.467. The van der Waals surface area contributed by atoms with Crippen LogP contribution in [0.25, 0.3) is 10.9 Å². The Bertz CT molecular complexity index is 1260. The van der Waals surface area contributed by atoms with Gasteiger partial charge in [-0.2, -0.15) is 0 Å². The smallest absolute Gasteiger partial charge is 0.254 e. The lowest BCUT2D eigenvalue weighted by atomic mass is 10.0. The van der Waals surface area contributed by atoms with Gasteiger partial charge in [0.1, 0.15) is 11.6 Å². The van der Waals surface area contributed by atoms with E-state index in [1.165, 1.54) is 17.5 Å². The fourth-order valence-corrected chi connectivity index (χ4v) is 5.82. The lowest BCUT2D eigenvalue weighted by Gasteiger charge is -2.32. The Morgan fingerprint density at radius 3 is 2.57 bits per heavy atom. The molecule has 2 aliphatic heterocycles. The van der Waals surface area contributed by atoms with Gasteiger partial charge in [0.25, 0.3) is 5.91 Å². The number of rotatable bonds is 7. The van der Waals surface area contributed by atoms with Crippen molar-refractivity contribution >= 4 is 22.6 Å². The normalized spacial score (nSPS) is 19.3. The molecule has 2 saturated heterocycles. The van der Waals surface area contributed by atoms with Crippen LogP contribution < -0.4 is 9.64 Å². The maximum absolute atomic E-state index is 13.8. The van der Waals surface area contributed by atoms with Crippen LogP contribution in [0.4, 0.5) is 5.82 Å². The molecule has 0 saturated carbocycles. The summed E-state index contributed by atoms with van der Waals surface area (Å²) in [5.74, 6) is 1.71. The van der Waals surface area contributed by atoms with E-state index in [2.05, 4.69) is 23.1 Å². The van der Waals surface area contributed by atoms with E-state index in [0.717, 1.165) is 73.4 Å². The fourth-order valence-electron chi connectivity index (χ4n) is 5.82. The number of nitrogens with zero attached hydrogens (tertiary/aromatic N) is 3. The summed E-state index contributed by atoms with van der Waals surface area (Å²) < 4.78 is 16.9. The standard InChI is InChI=1S/C30H35N3O4/c1-35-26-9-7-21(8-10-26)30(34)33(20-27-6-3-13-37-27)19-25-17-24-16-22-4-2-5-23(22)18-28(24)31-29(25)32-11-14-36-15-12-32/h7-10,16-18,27H,2-6,11-15,19-20H2,1H3/t27-/m0/s1. The highest BCUT2D eigenvalue weighted by Gasteiger charge is 2.27. The third-order valence-electron chi connectivity index (χ3n) is 7.83. The van der Waals surface area contributed by atoms with Crippen LogP contribution in [0.1, 0.15) is 46.3 Å². The Morgan fingerprint density at radius 2 is 1.84 bits per heavy atom. The van der Waals surface area contributed by atoms with Crippen LogP contribution in [0, 0.1) is 0 Å². The van der Waals surface area contributed by atoms with Crippen molar-refractivity contribution in [2.75, 3.05) is 51.5 Å². The van der Waals surface area contributed by atoms with Crippen LogP contribution in [0.3, 0.4) is 0 Å². The molecule has 0 spiro atoms. The van der Waals surface area contributed by atoms with Crippen molar-refractivity contribution in [3.8, 4) is 5.75 Å². The summed E-state index contributed by atoms with van der Waals surface area (Å²) in [5, 5.41) is 1.15. The number of hydrogen-bond donors (Lipinski definition) is 0. The predicted octanol–water partition coefficient (Wildman–Crippen LogP) is 4.39. The Hall–Kier alpha value is -3.16.